The molecule has 3 heterocycles. The van der Waals surface area contributed by atoms with Gasteiger partial charge in [0.05, 0.1) is 34.4 Å². The van der Waals surface area contributed by atoms with E-state index < -0.39 is 0 Å². The molecule has 7 heteroatoms. The second-order valence-electron chi connectivity index (χ2n) is 7.65. The molecule has 5 rings (SSSR count). The van der Waals surface area contributed by atoms with Gasteiger partial charge in [0.2, 0.25) is 0 Å². The first-order valence-electron chi connectivity index (χ1n) is 10.4. The van der Waals surface area contributed by atoms with Crippen LogP contribution in [0, 0.1) is 6.92 Å². The van der Waals surface area contributed by atoms with Crippen LogP contribution in [0.25, 0.3) is 27.3 Å². The van der Waals surface area contributed by atoms with Crippen LogP contribution in [0.2, 0.25) is 0 Å². The van der Waals surface area contributed by atoms with Crippen molar-refractivity contribution in [3.63, 3.8) is 0 Å². The van der Waals surface area contributed by atoms with Gasteiger partial charge in [-0.3, -0.25) is 14.0 Å². The second kappa shape index (κ2) is 7.94. The summed E-state index contributed by atoms with van der Waals surface area (Å²) in [5, 5.41) is 4.99. The molecular formula is C25H22N4O3. The Balaban J connectivity index is 1.69. The van der Waals surface area contributed by atoms with E-state index >= 15 is 0 Å². The van der Waals surface area contributed by atoms with Crippen molar-refractivity contribution in [2.45, 2.75) is 13.5 Å². The first kappa shape index (κ1) is 20.0. The highest BCUT2D eigenvalue weighted by atomic mass is 16.5. The molecule has 0 saturated heterocycles. The quantitative estimate of drug-likeness (QED) is 0.461. The Morgan fingerprint density at radius 3 is 2.59 bits per heavy atom. The Labute approximate surface area is 183 Å². The second-order valence-corrected chi connectivity index (χ2v) is 7.65. The van der Waals surface area contributed by atoms with Crippen LogP contribution in [0.4, 0.5) is 5.69 Å². The van der Waals surface area contributed by atoms with E-state index in [4.69, 9.17) is 9.72 Å². The molecule has 5 aromatic rings. The molecule has 3 aromatic heterocycles. The van der Waals surface area contributed by atoms with E-state index in [2.05, 4.69) is 9.72 Å². The Bertz CT molecular complexity index is 1550. The molecule has 0 atom stereocenters. The van der Waals surface area contributed by atoms with Crippen LogP contribution in [0.5, 0.6) is 0 Å². The Hall–Kier alpha value is -3.97. The average molecular weight is 426 g/mol. The minimum absolute atomic E-state index is 0.175. The molecule has 1 amide bonds. The zero-order chi connectivity index (χ0) is 22.2. The lowest BCUT2D eigenvalue weighted by molar-refractivity contribution is 0.102. The van der Waals surface area contributed by atoms with Gasteiger partial charge in [0.15, 0.2) is 0 Å². The van der Waals surface area contributed by atoms with E-state index in [1.165, 1.54) is 10.6 Å². The summed E-state index contributed by atoms with van der Waals surface area (Å²) in [6.07, 6.45) is 1.57. The number of benzene rings is 2. The van der Waals surface area contributed by atoms with Gasteiger partial charge < -0.3 is 14.6 Å². The third-order valence-electron chi connectivity index (χ3n) is 5.66. The molecule has 0 bridgehead atoms. The number of nitrogens with zero attached hydrogens (tertiary/aromatic N) is 3. The van der Waals surface area contributed by atoms with Crippen molar-refractivity contribution in [3.05, 3.63) is 88.6 Å². The number of para-hydroxylation sites is 2. The molecule has 0 aliphatic heterocycles. The van der Waals surface area contributed by atoms with E-state index in [-0.39, 0.29) is 11.5 Å². The molecule has 1 N–H and O–H groups in total. The molecule has 32 heavy (non-hydrogen) atoms. The number of rotatable bonds is 5. The number of nitrogens with one attached hydrogen (secondary N) is 1. The summed E-state index contributed by atoms with van der Waals surface area (Å²) in [6.45, 7) is 2.73. The summed E-state index contributed by atoms with van der Waals surface area (Å²) in [6, 6.07) is 18.8. The fraction of sp³-hybridized carbons (Fsp3) is 0.160. The van der Waals surface area contributed by atoms with Gasteiger partial charge >= 0.3 is 0 Å². The third-order valence-corrected chi connectivity index (χ3v) is 5.66. The molecule has 0 spiro atoms. The topological polar surface area (TPSA) is 77.6 Å². The number of hydrogen-bond acceptors (Lipinski definition) is 4. The number of pyridine rings is 1. The molecule has 2 aromatic carbocycles. The highest BCUT2D eigenvalue weighted by Gasteiger charge is 2.19. The third kappa shape index (κ3) is 3.23. The molecule has 0 radical (unpaired) electrons. The van der Waals surface area contributed by atoms with Crippen LogP contribution in [0.1, 0.15) is 16.2 Å². The van der Waals surface area contributed by atoms with Crippen molar-refractivity contribution in [1.29, 1.82) is 0 Å². The molecule has 0 aliphatic carbocycles. The predicted molar refractivity (Wildman–Crippen MR) is 125 cm³/mol. The van der Waals surface area contributed by atoms with E-state index in [0.717, 1.165) is 38.8 Å². The summed E-state index contributed by atoms with van der Waals surface area (Å²) in [5.74, 6) is 0.552. The lowest BCUT2D eigenvalue weighted by atomic mass is 10.1. The summed E-state index contributed by atoms with van der Waals surface area (Å²) in [4.78, 5) is 30.1. The number of carbonyl (C=O) groups is 1. The van der Waals surface area contributed by atoms with Gasteiger partial charge in [0, 0.05) is 36.7 Å². The van der Waals surface area contributed by atoms with Gasteiger partial charge in [-0.2, -0.15) is 0 Å². The van der Waals surface area contributed by atoms with E-state index in [1.807, 2.05) is 55.5 Å². The first-order valence-corrected chi connectivity index (χ1v) is 10.4. The summed E-state index contributed by atoms with van der Waals surface area (Å²) < 4.78 is 8.63. The average Bonchev–Trinajstić information content (AvgIpc) is 3.14. The zero-order valence-electron chi connectivity index (χ0n) is 17.8. The summed E-state index contributed by atoms with van der Waals surface area (Å²) >= 11 is 0. The largest absolute Gasteiger partial charge is 0.383 e. The number of hydrogen-bond donors (Lipinski definition) is 1. The lowest BCUT2D eigenvalue weighted by Crippen LogP contribution is -2.23. The monoisotopic (exact) mass is 426 g/mol. The summed E-state index contributed by atoms with van der Waals surface area (Å²) in [7, 11) is 1.58. The molecule has 0 fully saturated rings. The van der Waals surface area contributed by atoms with E-state index in [1.54, 1.807) is 19.4 Å². The van der Waals surface area contributed by atoms with E-state index in [0.29, 0.717) is 18.7 Å². The maximum atomic E-state index is 13.3. The number of aromatic nitrogens is 3. The van der Waals surface area contributed by atoms with Gasteiger partial charge in [-0.05, 0) is 25.1 Å². The number of amides is 1. The van der Waals surface area contributed by atoms with Crippen molar-refractivity contribution in [1.82, 2.24) is 14.0 Å². The van der Waals surface area contributed by atoms with Gasteiger partial charge in [0.25, 0.3) is 11.5 Å². The number of carbonyl (C=O) groups excluding carboxylic acids is 1. The number of anilines is 1. The number of methoxy groups -OCH3 is 1. The Morgan fingerprint density at radius 2 is 1.78 bits per heavy atom. The van der Waals surface area contributed by atoms with Crippen LogP contribution >= 0.6 is 0 Å². The maximum absolute atomic E-state index is 13.3. The van der Waals surface area contributed by atoms with Crippen LogP contribution < -0.4 is 10.9 Å². The van der Waals surface area contributed by atoms with Crippen molar-refractivity contribution < 1.29 is 9.53 Å². The SMILES string of the molecule is COCCn1cc(C(=O)Nc2c3ccccc3n3c(C)nc4ccccc4c23)ccc1=O. The highest BCUT2D eigenvalue weighted by molar-refractivity contribution is 6.18. The Morgan fingerprint density at radius 1 is 1.03 bits per heavy atom. The van der Waals surface area contributed by atoms with Crippen LogP contribution in [-0.2, 0) is 11.3 Å². The standard InChI is InChI=1S/C25H22N4O3/c1-16-26-20-9-5-3-7-18(20)24-23(19-8-4-6-10-21(19)29(16)24)27-25(31)17-11-12-22(30)28(15-17)13-14-32-2/h3-12,15H,13-14H2,1-2H3,(H,27,31). The number of aryl methyl sites for hydroxylation is 1. The van der Waals surface area contributed by atoms with Crippen molar-refractivity contribution in [2.24, 2.45) is 0 Å². The van der Waals surface area contributed by atoms with Crippen LogP contribution in [0.3, 0.4) is 0 Å². The van der Waals surface area contributed by atoms with Crippen molar-refractivity contribution in [3.8, 4) is 0 Å². The number of fused-ring (bicyclic) bond motifs is 5. The van der Waals surface area contributed by atoms with Crippen molar-refractivity contribution >= 4 is 38.9 Å². The maximum Gasteiger partial charge on any atom is 0.257 e. The normalized spacial score (nSPS) is 11.4. The van der Waals surface area contributed by atoms with Gasteiger partial charge in [-0.1, -0.05) is 36.4 Å². The minimum Gasteiger partial charge on any atom is -0.383 e. The summed E-state index contributed by atoms with van der Waals surface area (Å²) in [5.41, 5.74) is 3.69. The predicted octanol–water partition coefficient (Wildman–Crippen LogP) is 4.01. The van der Waals surface area contributed by atoms with Crippen molar-refractivity contribution in [2.75, 3.05) is 19.0 Å². The van der Waals surface area contributed by atoms with Crippen LogP contribution in [-0.4, -0.2) is 33.6 Å². The molecular weight excluding hydrogens is 404 g/mol. The zero-order valence-corrected chi connectivity index (χ0v) is 17.8. The van der Waals surface area contributed by atoms with E-state index in [9.17, 15) is 9.59 Å². The first-order chi connectivity index (χ1) is 15.6. The fourth-order valence-corrected chi connectivity index (χ4v) is 4.17. The minimum atomic E-state index is -0.284. The van der Waals surface area contributed by atoms with Crippen LogP contribution in [0.15, 0.2) is 71.7 Å². The van der Waals surface area contributed by atoms with Gasteiger partial charge in [-0.25, -0.2) is 4.98 Å². The molecule has 160 valence electrons. The fourth-order valence-electron chi connectivity index (χ4n) is 4.17. The highest BCUT2D eigenvalue weighted by Crippen LogP contribution is 2.36. The lowest BCUT2D eigenvalue weighted by Gasteiger charge is -2.10. The Kier molecular flexibility index (Phi) is 4.95. The van der Waals surface area contributed by atoms with Gasteiger partial charge in [0.1, 0.15) is 5.82 Å². The number of ether oxygens (including phenoxy) is 1. The molecule has 0 aliphatic rings. The molecule has 0 unspecified atom stereocenters. The molecule has 0 saturated carbocycles. The molecule has 7 nitrogen and oxygen atoms in total. The smallest absolute Gasteiger partial charge is 0.257 e. The van der Waals surface area contributed by atoms with Gasteiger partial charge in [-0.15, -0.1) is 0 Å².